The number of rotatable bonds is 3. The normalized spacial score (nSPS) is 12.4. The zero-order chi connectivity index (χ0) is 10.7. The molecule has 4 nitrogen and oxygen atoms in total. The van der Waals surface area contributed by atoms with Crippen molar-refractivity contribution in [3.63, 3.8) is 0 Å². The maximum absolute atomic E-state index is 10.4. The average Bonchev–Trinajstić information content (AvgIpc) is 2.11. The highest BCUT2D eigenvalue weighted by Crippen LogP contribution is 2.24. The van der Waals surface area contributed by atoms with Crippen molar-refractivity contribution in [3.05, 3.63) is 28.8 Å². The minimum atomic E-state index is -1.07. The Morgan fingerprint density at radius 1 is 1.57 bits per heavy atom. The van der Waals surface area contributed by atoms with Gasteiger partial charge in [0, 0.05) is 0 Å². The number of carboxylic acid groups (broad SMARTS) is 1. The van der Waals surface area contributed by atoms with Crippen LogP contribution in [-0.2, 0) is 11.2 Å². The van der Waals surface area contributed by atoms with Crippen molar-refractivity contribution in [2.45, 2.75) is 12.5 Å². The Morgan fingerprint density at radius 2 is 2.21 bits per heavy atom. The van der Waals surface area contributed by atoms with Crippen LogP contribution in [0.1, 0.15) is 5.56 Å². The number of carbonyl (C=O) groups is 1. The molecule has 5 heteroatoms. The molecule has 14 heavy (non-hydrogen) atoms. The molecule has 1 aromatic rings. The zero-order valence-electron chi connectivity index (χ0n) is 7.27. The Morgan fingerprint density at radius 3 is 2.71 bits per heavy atom. The van der Waals surface area contributed by atoms with E-state index in [1.807, 2.05) is 0 Å². The second-order valence-electron chi connectivity index (χ2n) is 2.93. The highest BCUT2D eigenvalue weighted by molar-refractivity contribution is 6.32. The van der Waals surface area contributed by atoms with E-state index in [2.05, 4.69) is 0 Å². The van der Waals surface area contributed by atoms with Gasteiger partial charge in [0.25, 0.3) is 0 Å². The first kappa shape index (κ1) is 10.8. The van der Waals surface area contributed by atoms with Crippen LogP contribution in [0.2, 0.25) is 5.02 Å². The summed E-state index contributed by atoms with van der Waals surface area (Å²) in [4.78, 5) is 10.4. The number of benzene rings is 1. The van der Waals surface area contributed by atoms with Crippen molar-refractivity contribution in [3.8, 4) is 5.75 Å². The van der Waals surface area contributed by atoms with Gasteiger partial charge in [0.2, 0.25) is 0 Å². The summed E-state index contributed by atoms with van der Waals surface area (Å²) < 4.78 is 0. The molecule has 0 saturated heterocycles. The average molecular weight is 216 g/mol. The van der Waals surface area contributed by atoms with E-state index in [0.29, 0.717) is 5.56 Å². The molecule has 0 amide bonds. The van der Waals surface area contributed by atoms with Gasteiger partial charge >= 0.3 is 5.97 Å². The lowest BCUT2D eigenvalue weighted by molar-refractivity contribution is -0.138. The van der Waals surface area contributed by atoms with Crippen molar-refractivity contribution in [1.29, 1.82) is 0 Å². The number of hydrogen-bond donors (Lipinski definition) is 3. The highest BCUT2D eigenvalue weighted by atomic mass is 35.5. The molecule has 0 spiro atoms. The summed E-state index contributed by atoms with van der Waals surface area (Å²) in [5.41, 5.74) is 5.96. The third-order valence-corrected chi connectivity index (χ3v) is 2.10. The van der Waals surface area contributed by atoms with Crippen molar-refractivity contribution >= 4 is 17.6 Å². The first-order chi connectivity index (χ1) is 6.50. The number of hydrogen-bond acceptors (Lipinski definition) is 3. The van der Waals surface area contributed by atoms with Gasteiger partial charge in [0.1, 0.15) is 11.8 Å². The number of phenolic OH excluding ortho intramolecular Hbond substituents is 1. The maximum atomic E-state index is 10.4. The monoisotopic (exact) mass is 215 g/mol. The van der Waals surface area contributed by atoms with Gasteiger partial charge < -0.3 is 15.9 Å². The Bertz CT molecular complexity index is 354. The maximum Gasteiger partial charge on any atom is 0.320 e. The largest absolute Gasteiger partial charge is 0.506 e. The van der Waals surface area contributed by atoms with Gasteiger partial charge in [-0.15, -0.1) is 0 Å². The zero-order valence-corrected chi connectivity index (χ0v) is 8.03. The van der Waals surface area contributed by atoms with Gasteiger partial charge in [-0.3, -0.25) is 4.79 Å². The number of halogens is 1. The lowest BCUT2D eigenvalue weighted by atomic mass is 10.1. The minimum absolute atomic E-state index is 0.0678. The van der Waals surface area contributed by atoms with Gasteiger partial charge in [-0.05, 0) is 24.1 Å². The molecule has 0 aliphatic carbocycles. The Kier molecular flexibility index (Phi) is 3.33. The molecule has 0 bridgehead atoms. The Labute approximate surface area is 85.9 Å². The van der Waals surface area contributed by atoms with Crippen molar-refractivity contribution < 1.29 is 15.0 Å². The van der Waals surface area contributed by atoms with Crippen LogP contribution in [0.5, 0.6) is 5.75 Å². The third kappa shape index (κ3) is 2.61. The summed E-state index contributed by atoms with van der Waals surface area (Å²) in [7, 11) is 0. The molecule has 0 saturated carbocycles. The lowest BCUT2D eigenvalue weighted by Crippen LogP contribution is -2.32. The van der Waals surface area contributed by atoms with E-state index < -0.39 is 12.0 Å². The van der Waals surface area contributed by atoms with Gasteiger partial charge in [-0.2, -0.15) is 0 Å². The molecule has 0 aromatic heterocycles. The summed E-state index contributed by atoms with van der Waals surface area (Å²) in [5, 5.41) is 18.0. The second-order valence-corrected chi connectivity index (χ2v) is 3.34. The first-order valence-corrected chi connectivity index (χ1v) is 4.34. The molecule has 1 unspecified atom stereocenters. The summed E-state index contributed by atoms with van der Waals surface area (Å²) in [6.45, 7) is 0. The van der Waals surface area contributed by atoms with Crippen LogP contribution in [0, 0.1) is 0 Å². The number of aromatic hydroxyl groups is 1. The molecule has 76 valence electrons. The fraction of sp³-hybridized carbons (Fsp3) is 0.222. The fourth-order valence-electron chi connectivity index (χ4n) is 1.03. The SMILES string of the molecule is NC(Cc1ccc(Cl)c(O)c1)C(=O)O. The van der Waals surface area contributed by atoms with E-state index >= 15 is 0 Å². The quantitative estimate of drug-likeness (QED) is 0.703. The van der Waals surface area contributed by atoms with Gasteiger partial charge in [0.05, 0.1) is 5.02 Å². The molecule has 1 rings (SSSR count). The van der Waals surface area contributed by atoms with E-state index in [1.54, 1.807) is 6.07 Å². The van der Waals surface area contributed by atoms with Crippen LogP contribution in [0.15, 0.2) is 18.2 Å². The van der Waals surface area contributed by atoms with E-state index in [-0.39, 0.29) is 17.2 Å². The molecule has 0 aliphatic rings. The molecule has 1 atom stereocenters. The molecule has 0 fully saturated rings. The Balaban J connectivity index is 2.78. The molecule has 0 radical (unpaired) electrons. The van der Waals surface area contributed by atoms with Crippen LogP contribution < -0.4 is 5.73 Å². The predicted octanol–water partition coefficient (Wildman–Crippen LogP) is 1.00. The van der Waals surface area contributed by atoms with Crippen LogP contribution in [0.25, 0.3) is 0 Å². The summed E-state index contributed by atoms with van der Waals surface area (Å²) in [6.07, 6.45) is 0.167. The molecular weight excluding hydrogens is 206 g/mol. The van der Waals surface area contributed by atoms with Crippen molar-refractivity contribution in [1.82, 2.24) is 0 Å². The topological polar surface area (TPSA) is 83.5 Å². The van der Waals surface area contributed by atoms with Crippen LogP contribution in [0.4, 0.5) is 0 Å². The van der Waals surface area contributed by atoms with Crippen molar-refractivity contribution in [2.75, 3.05) is 0 Å². The molecular formula is C9H10ClNO3. The van der Waals surface area contributed by atoms with Gasteiger partial charge in [0.15, 0.2) is 0 Å². The predicted molar refractivity (Wildman–Crippen MR) is 52.4 cm³/mol. The van der Waals surface area contributed by atoms with Crippen LogP contribution in [0.3, 0.4) is 0 Å². The highest BCUT2D eigenvalue weighted by Gasteiger charge is 2.12. The lowest BCUT2D eigenvalue weighted by Gasteiger charge is -2.06. The third-order valence-electron chi connectivity index (χ3n) is 1.78. The minimum Gasteiger partial charge on any atom is -0.506 e. The first-order valence-electron chi connectivity index (χ1n) is 3.96. The van der Waals surface area contributed by atoms with E-state index in [4.69, 9.17) is 22.4 Å². The fourth-order valence-corrected chi connectivity index (χ4v) is 1.14. The summed E-state index contributed by atoms with van der Waals surface area (Å²) >= 11 is 5.58. The standard InChI is InChI=1S/C9H10ClNO3/c10-6-2-1-5(4-8(6)12)3-7(11)9(13)14/h1-2,4,7,12H,3,11H2,(H,13,14). The smallest absolute Gasteiger partial charge is 0.320 e. The summed E-state index contributed by atoms with van der Waals surface area (Å²) in [6, 6.07) is 3.58. The van der Waals surface area contributed by atoms with Gasteiger partial charge in [-0.1, -0.05) is 17.7 Å². The van der Waals surface area contributed by atoms with Crippen molar-refractivity contribution in [2.24, 2.45) is 5.73 Å². The van der Waals surface area contributed by atoms with Crippen LogP contribution in [-0.4, -0.2) is 22.2 Å². The molecule has 4 N–H and O–H groups in total. The summed E-state index contributed by atoms with van der Waals surface area (Å²) in [5.74, 6) is -1.14. The number of nitrogens with two attached hydrogens (primary N) is 1. The molecule has 1 aromatic carbocycles. The number of phenols is 1. The molecule has 0 heterocycles. The van der Waals surface area contributed by atoms with Gasteiger partial charge in [-0.25, -0.2) is 0 Å². The van der Waals surface area contributed by atoms with Crippen LogP contribution >= 0.6 is 11.6 Å². The number of aliphatic carboxylic acids is 1. The van der Waals surface area contributed by atoms with E-state index in [1.165, 1.54) is 12.1 Å². The second kappa shape index (κ2) is 4.30. The van der Waals surface area contributed by atoms with E-state index in [0.717, 1.165) is 0 Å². The Hall–Kier alpha value is -1.26. The van der Waals surface area contributed by atoms with E-state index in [9.17, 15) is 9.90 Å². The number of carboxylic acids is 1. The molecule has 0 aliphatic heterocycles.